The highest BCUT2D eigenvalue weighted by molar-refractivity contribution is 5.70. The second-order valence-corrected chi connectivity index (χ2v) is 25.3. The summed E-state index contributed by atoms with van der Waals surface area (Å²) >= 11 is 0. The molecular weight excluding hydrogens is 985 g/mol. The van der Waals surface area contributed by atoms with Crippen LogP contribution in [0.25, 0.3) is 0 Å². The van der Waals surface area contributed by atoms with Crippen LogP contribution in [0.4, 0.5) is 0 Å². The van der Waals surface area contributed by atoms with E-state index in [9.17, 15) is 14.7 Å². The first kappa shape index (κ1) is 53.2. The van der Waals surface area contributed by atoms with E-state index in [1.54, 1.807) is 7.11 Å². The Balaban J connectivity index is 0.688. The van der Waals surface area contributed by atoms with E-state index in [0.717, 1.165) is 68.9 Å². The maximum atomic E-state index is 14.3. The van der Waals surface area contributed by atoms with Gasteiger partial charge in [0.2, 0.25) is 0 Å². The minimum atomic E-state index is -0.839. The summed E-state index contributed by atoms with van der Waals surface area (Å²) in [7, 11) is 1.70. The van der Waals surface area contributed by atoms with Crippen molar-refractivity contribution < 1.29 is 85.7 Å². The van der Waals surface area contributed by atoms with Crippen molar-refractivity contribution in [2.24, 2.45) is 11.8 Å². The van der Waals surface area contributed by atoms with Gasteiger partial charge in [0.15, 0.2) is 17.9 Å². The van der Waals surface area contributed by atoms with Crippen LogP contribution < -0.4 is 0 Å². The quantitative estimate of drug-likeness (QED) is 0.209. The van der Waals surface area contributed by atoms with Gasteiger partial charge in [-0.3, -0.25) is 9.59 Å². The number of hydrogen-bond acceptors (Lipinski definition) is 17. The molecule has 14 saturated heterocycles. The summed E-state index contributed by atoms with van der Waals surface area (Å²) in [5.74, 6) is -2.30. The van der Waals surface area contributed by atoms with Crippen molar-refractivity contribution in [3.05, 3.63) is 24.3 Å². The zero-order valence-electron chi connectivity index (χ0n) is 45.1. The smallest absolute Gasteiger partial charge is 0.308 e. The Morgan fingerprint density at radius 3 is 2.12 bits per heavy atom. The molecule has 27 atom stereocenters. The Labute approximate surface area is 447 Å². The second kappa shape index (κ2) is 21.3. The summed E-state index contributed by atoms with van der Waals surface area (Å²) in [4.78, 5) is 25.8. The molecule has 14 aliphatic rings. The Kier molecular flexibility index (Phi) is 14.9. The number of ether oxygens (including phenoxy) is 15. The van der Waals surface area contributed by atoms with E-state index in [2.05, 4.69) is 33.9 Å². The maximum absolute atomic E-state index is 14.3. The van der Waals surface area contributed by atoms with Gasteiger partial charge in [-0.25, -0.2) is 0 Å². The lowest BCUT2D eigenvalue weighted by molar-refractivity contribution is -0.370. The van der Waals surface area contributed by atoms with Crippen LogP contribution in [0.3, 0.4) is 0 Å². The van der Waals surface area contributed by atoms with Crippen molar-refractivity contribution in [2.75, 3.05) is 7.11 Å². The molecule has 76 heavy (non-hydrogen) atoms. The van der Waals surface area contributed by atoms with Crippen LogP contribution in [-0.2, 0) is 80.6 Å². The number of methoxy groups -OCH3 is 1. The van der Waals surface area contributed by atoms with Crippen molar-refractivity contribution >= 4 is 11.9 Å². The van der Waals surface area contributed by atoms with Gasteiger partial charge in [0.05, 0.1) is 117 Å². The van der Waals surface area contributed by atoms with E-state index >= 15 is 0 Å². The lowest BCUT2D eigenvalue weighted by Crippen LogP contribution is -2.63. The first-order valence-corrected chi connectivity index (χ1v) is 29.6. The van der Waals surface area contributed by atoms with Gasteiger partial charge in [-0.1, -0.05) is 33.9 Å². The average molecular weight is 1070 g/mol. The summed E-state index contributed by atoms with van der Waals surface area (Å²) in [6, 6.07) is 0. The van der Waals surface area contributed by atoms with Crippen LogP contribution in [0.1, 0.15) is 156 Å². The number of carboxylic acids is 1. The van der Waals surface area contributed by atoms with Crippen molar-refractivity contribution in [1.29, 1.82) is 0 Å². The Morgan fingerprint density at radius 1 is 0.618 bits per heavy atom. The molecule has 2 spiro atoms. The summed E-state index contributed by atoms with van der Waals surface area (Å²) in [6.07, 6.45) is 7.20. The lowest BCUT2D eigenvalue weighted by Gasteiger charge is -2.54. The first-order valence-electron chi connectivity index (χ1n) is 29.6. The summed E-state index contributed by atoms with van der Waals surface area (Å²) in [5, 5.41) is 9.39. The van der Waals surface area contributed by atoms with Crippen LogP contribution in [0.5, 0.6) is 0 Å². The number of aliphatic carboxylic acids is 1. The molecular formula is C58H84O18. The molecule has 0 amide bonds. The number of carbonyl (C=O) groups is 2. The number of carboxylic acid groups (broad SMARTS) is 1. The minimum Gasteiger partial charge on any atom is -0.481 e. The van der Waals surface area contributed by atoms with Gasteiger partial charge in [-0.15, -0.1) is 0 Å². The number of esters is 1. The molecule has 18 nitrogen and oxygen atoms in total. The second-order valence-electron chi connectivity index (χ2n) is 25.3. The highest BCUT2D eigenvalue weighted by atomic mass is 16.8. The van der Waals surface area contributed by atoms with Gasteiger partial charge in [0.1, 0.15) is 30.5 Å². The standard InChI is InChI=1S/C58H84O18/c1-7-36-38(15-17-57(73-36)26-30(4)52-40(74-57)13-10-33(65-52)20-49(59)60)70-51-25-47-46(71-51)24-44-43(68-47)23-45-42(67-44)22-41-31(5)28(2)18-32(64-41)8-11-37-29(3)19-35(63-37)14-16-58-27-48(75-58)54-55(62-6)56(76-58)53-39(72-54)12-9-34(66-53)21-50(61)69-45/h28,30,32-48,51-56H,3,5,7-27H2,1-2,4,6H3,(H,59,60)/t28-,30+,32+,33+,34-,35+,36+,37+,38+,39+,40+,41-,42+,43?,44+,45-,46-,47?,48?,51-,52+,53+,54+,55-,56+,57-,58+/m1/s1. The van der Waals surface area contributed by atoms with Crippen molar-refractivity contribution in [1.82, 2.24) is 0 Å². The zero-order valence-corrected chi connectivity index (χ0v) is 45.1. The van der Waals surface area contributed by atoms with Crippen LogP contribution in [0.2, 0.25) is 0 Å². The van der Waals surface area contributed by atoms with Gasteiger partial charge in [0, 0.05) is 58.5 Å². The number of hydrogen-bond donors (Lipinski definition) is 1. The molecule has 0 aromatic heterocycles. The van der Waals surface area contributed by atoms with Crippen molar-refractivity contribution in [3.8, 4) is 0 Å². The van der Waals surface area contributed by atoms with E-state index in [-0.39, 0.29) is 134 Å². The minimum absolute atomic E-state index is 0.00200. The third-order valence-electron chi connectivity index (χ3n) is 20.1. The molecule has 14 aliphatic heterocycles. The third kappa shape index (κ3) is 10.3. The van der Waals surface area contributed by atoms with E-state index in [1.807, 2.05) is 0 Å². The van der Waals surface area contributed by atoms with Crippen LogP contribution >= 0.6 is 0 Å². The molecule has 14 rings (SSSR count). The summed E-state index contributed by atoms with van der Waals surface area (Å²) in [6.45, 7) is 15.6. The largest absolute Gasteiger partial charge is 0.481 e. The fourth-order valence-corrected chi connectivity index (χ4v) is 16.2. The molecule has 0 aliphatic carbocycles. The van der Waals surface area contributed by atoms with Crippen LogP contribution in [0.15, 0.2) is 24.3 Å². The topological polar surface area (TPSA) is 193 Å². The van der Waals surface area contributed by atoms with E-state index < -0.39 is 54.4 Å². The molecule has 3 unspecified atom stereocenters. The number of rotatable bonds is 6. The molecule has 0 aromatic carbocycles. The van der Waals surface area contributed by atoms with E-state index in [1.165, 1.54) is 0 Å². The molecule has 1 N–H and O–H groups in total. The molecule has 0 radical (unpaired) electrons. The van der Waals surface area contributed by atoms with Crippen LogP contribution in [-0.4, -0.2) is 176 Å². The van der Waals surface area contributed by atoms with Gasteiger partial charge >= 0.3 is 11.9 Å². The van der Waals surface area contributed by atoms with E-state index in [0.29, 0.717) is 64.2 Å². The molecule has 14 heterocycles. The van der Waals surface area contributed by atoms with Gasteiger partial charge in [0.25, 0.3) is 0 Å². The normalized spacial score (nSPS) is 53.2. The van der Waals surface area contributed by atoms with Crippen molar-refractivity contribution in [2.45, 2.75) is 308 Å². The first-order chi connectivity index (χ1) is 36.7. The van der Waals surface area contributed by atoms with Crippen molar-refractivity contribution in [3.63, 3.8) is 0 Å². The highest BCUT2D eigenvalue weighted by Crippen LogP contribution is 2.53. The lowest BCUT2D eigenvalue weighted by atomic mass is 9.81. The Bertz CT molecular complexity index is 2150. The summed E-state index contributed by atoms with van der Waals surface area (Å²) in [5.41, 5.74) is 2.16. The molecule has 14 fully saturated rings. The molecule has 0 saturated carbocycles. The molecule has 424 valence electrons. The Hall–Kier alpha value is -2.14. The van der Waals surface area contributed by atoms with Gasteiger partial charge in [-0.2, -0.15) is 0 Å². The zero-order chi connectivity index (χ0) is 52.2. The monoisotopic (exact) mass is 1070 g/mol. The highest BCUT2D eigenvalue weighted by Gasteiger charge is 2.65. The SMILES string of the molecule is C=C1C[C@@H]2CC[C@]34CC(O3)[C@@H]3O[C@H]5CC[C@H](CC(=O)O[C@@H]6CC7OC8C[C@H](O[C@H]9CC[C@@]%10(C[C@H](C)[C@@H]%11O[C@H](CC(=O)O)CC[C@@H]%11O%10)O[C@H]9CC)O[C@@H]8C[C@@H]7O[C@H]6C[C@H]6O[C@@H](CC[C@@H]1O2)C[C@@H](C)C6=C)O[C@@H]5[C@H](O4)[C@@H]3OC. The van der Waals surface area contributed by atoms with E-state index in [4.69, 9.17) is 71.1 Å². The average Bonchev–Trinajstić information content (AvgIpc) is 4.06. The fourth-order valence-electron chi connectivity index (χ4n) is 16.2. The van der Waals surface area contributed by atoms with Crippen LogP contribution in [0, 0.1) is 11.8 Å². The third-order valence-corrected chi connectivity index (χ3v) is 20.1. The molecule has 10 bridgehead atoms. The molecule has 18 heteroatoms. The predicted molar refractivity (Wildman–Crippen MR) is 267 cm³/mol. The predicted octanol–water partition coefficient (Wildman–Crippen LogP) is 7.08. The van der Waals surface area contributed by atoms with Gasteiger partial charge < -0.3 is 76.2 Å². The fraction of sp³-hybridized carbons (Fsp3) is 0.897. The van der Waals surface area contributed by atoms with Gasteiger partial charge in [-0.05, 0) is 93.6 Å². The number of fused-ring (bicyclic) bond motifs is 9. The summed E-state index contributed by atoms with van der Waals surface area (Å²) < 4.78 is 101. The number of carbonyl (C=O) groups excluding carboxylic acids is 1. The molecule has 0 aromatic rings. The maximum Gasteiger partial charge on any atom is 0.308 e. The Morgan fingerprint density at radius 2 is 1.32 bits per heavy atom.